The highest BCUT2D eigenvalue weighted by molar-refractivity contribution is 6.32. The predicted octanol–water partition coefficient (Wildman–Crippen LogP) is 3.76. The van der Waals surface area contributed by atoms with Gasteiger partial charge in [-0.3, -0.25) is 23.5 Å². The van der Waals surface area contributed by atoms with Gasteiger partial charge in [0.25, 0.3) is 5.56 Å². The van der Waals surface area contributed by atoms with Crippen LogP contribution in [0.3, 0.4) is 0 Å². The van der Waals surface area contributed by atoms with E-state index in [-0.39, 0.29) is 41.6 Å². The number of carbonyl (C=O) groups is 2. The molecule has 8 nitrogen and oxygen atoms in total. The van der Waals surface area contributed by atoms with Gasteiger partial charge in [0.05, 0.1) is 29.6 Å². The Morgan fingerprint density at radius 3 is 2.43 bits per heavy atom. The number of aromatic nitrogens is 2. The van der Waals surface area contributed by atoms with Crippen LogP contribution in [-0.2, 0) is 17.9 Å². The summed E-state index contributed by atoms with van der Waals surface area (Å²) in [5.41, 5.74) is -0.510. The average molecular weight is 518 g/mol. The number of hydrogen-bond donors (Lipinski definition) is 0. The molecule has 1 aliphatic heterocycles. The van der Waals surface area contributed by atoms with Gasteiger partial charge in [0, 0.05) is 36.6 Å². The maximum Gasteiger partial charge on any atom is 0.331 e. The summed E-state index contributed by atoms with van der Waals surface area (Å²) in [7, 11) is 1.47. The molecule has 0 aliphatic carbocycles. The third kappa shape index (κ3) is 5.28. The van der Waals surface area contributed by atoms with Gasteiger partial charge in [0.1, 0.15) is 5.75 Å². The zero-order chi connectivity index (χ0) is 25.1. The second-order valence-corrected chi connectivity index (χ2v) is 9.29. The Morgan fingerprint density at radius 2 is 1.74 bits per heavy atom. The quantitative estimate of drug-likeness (QED) is 0.424. The Morgan fingerprint density at radius 1 is 1.00 bits per heavy atom. The fraction of sp³-hybridized carbons (Fsp3) is 0.360. The van der Waals surface area contributed by atoms with Gasteiger partial charge in [-0.1, -0.05) is 23.2 Å². The molecule has 4 rings (SSSR count). The number of benzene rings is 2. The Labute approximate surface area is 211 Å². The number of Topliss-reactive ketones (excluding diaryl/α,β-unsaturated/α-hetero) is 1. The number of ketones is 1. The largest absolute Gasteiger partial charge is 0.495 e. The van der Waals surface area contributed by atoms with Crippen molar-refractivity contribution >= 4 is 45.8 Å². The van der Waals surface area contributed by atoms with Crippen LogP contribution in [0.15, 0.2) is 46.0 Å². The Balaban J connectivity index is 1.66. The van der Waals surface area contributed by atoms with E-state index in [2.05, 4.69) is 0 Å². The summed E-state index contributed by atoms with van der Waals surface area (Å²) in [5.74, 6) is 0.0890. The van der Waals surface area contributed by atoms with Crippen LogP contribution in [0.2, 0.25) is 10.0 Å². The van der Waals surface area contributed by atoms with Crippen molar-refractivity contribution in [1.82, 2.24) is 14.0 Å². The van der Waals surface area contributed by atoms with E-state index < -0.39 is 11.2 Å². The van der Waals surface area contributed by atoms with Crippen LogP contribution in [0, 0.1) is 0 Å². The zero-order valence-corrected chi connectivity index (χ0v) is 20.8. The van der Waals surface area contributed by atoms with Crippen molar-refractivity contribution in [2.75, 3.05) is 20.2 Å². The maximum atomic E-state index is 13.4. The Bertz CT molecular complexity index is 1410. The number of halogens is 2. The number of amides is 1. The average Bonchev–Trinajstić information content (AvgIpc) is 3.39. The lowest BCUT2D eigenvalue weighted by molar-refractivity contribution is -0.130. The summed E-state index contributed by atoms with van der Waals surface area (Å²) >= 11 is 12.3. The van der Waals surface area contributed by atoms with Crippen LogP contribution in [0.1, 0.15) is 36.0 Å². The fourth-order valence-corrected chi connectivity index (χ4v) is 4.76. The summed E-state index contributed by atoms with van der Waals surface area (Å²) in [4.78, 5) is 53.7. The number of nitrogens with zero attached hydrogens (tertiary/aromatic N) is 3. The Kier molecular flexibility index (Phi) is 7.62. The van der Waals surface area contributed by atoms with Gasteiger partial charge in [0.15, 0.2) is 5.78 Å². The van der Waals surface area contributed by atoms with E-state index in [1.165, 1.54) is 23.8 Å². The van der Waals surface area contributed by atoms with Gasteiger partial charge in [-0.2, -0.15) is 0 Å². The molecule has 2 heterocycles. The number of methoxy groups -OCH3 is 1. The second kappa shape index (κ2) is 10.7. The molecule has 35 heavy (non-hydrogen) atoms. The van der Waals surface area contributed by atoms with Crippen LogP contribution in [-0.4, -0.2) is 45.9 Å². The molecule has 0 N–H and O–H groups in total. The lowest BCUT2D eigenvalue weighted by Gasteiger charge is -2.16. The molecule has 3 aromatic rings. The van der Waals surface area contributed by atoms with Crippen molar-refractivity contribution < 1.29 is 14.3 Å². The van der Waals surface area contributed by atoms with Crippen LogP contribution < -0.4 is 16.0 Å². The highest BCUT2D eigenvalue weighted by Gasteiger charge is 2.20. The molecule has 1 amide bonds. The van der Waals surface area contributed by atoms with Crippen molar-refractivity contribution in [2.45, 2.75) is 38.8 Å². The molecule has 1 fully saturated rings. The second-order valence-electron chi connectivity index (χ2n) is 8.45. The molecule has 0 saturated carbocycles. The topological polar surface area (TPSA) is 90.6 Å². The molecule has 184 valence electrons. The molecule has 1 aliphatic rings. The minimum absolute atomic E-state index is 0.0197. The smallest absolute Gasteiger partial charge is 0.331 e. The molecule has 1 saturated heterocycles. The first-order chi connectivity index (χ1) is 16.8. The summed E-state index contributed by atoms with van der Waals surface area (Å²) in [6.45, 7) is 1.25. The monoisotopic (exact) mass is 517 g/mol. The van der Waals surface area contributed by atoms with E-state index in [0.29, 0.717) is 28.3 Å². The molecule has 0 unspecified atom stereocenters. The first-order valence-electron chi connectivity index (χ1n) is 11.4. The molecular weight excluding hydrogens is 493 g/mol. The van der Waals surface area contributed by atoms with E-state index in [9.17, 15) is 19.2 Å². The van der Waals surface area contributed by atoms with Crippen LogP contribution in [0.25, 0.3) is 10.9 Å². The Hall–Kier alpha value is -3.10. The summed E-state index contributed by atoms with van der Waals surface area (Å²) in [6.07, 6.45) is 2.56. The van der Waals surface area contributed by atoms with Gasteiger partial charge < -0.3 is 9.64 Å². The van der Waals surface area contributed by atoms with Crippen LogP contribution in [0.5, 0.6) is 5.75 Å². The normalized spacial score (nSPS) is 13.4. The summed E-state index contributed by atoms with van der Waals surface area (Å²) in [6, 6.07) is 9.22. The SMILES string of the molecule is COc1ccc(C(=O)Cn2c(=O)n(CCCC(=O)N3CCCC3)c(=O)c3cc(Cl)ccc32)cc1Cl. The van der Waals surface area contributed by atoms with Gasteiger partial charge in [-0.15, -0.1) is 0 Å². The molecule has 0 atom stereocenters. The number of hydrogen-bond acceptors (Lipinski definition) is 5. The lowest BCUT2D eigenvalue weighted by Crippen LogP contribution is -2.41. The first kappa shape index (κ1) is 25.0. The van der Waals surface area contributed by atoms with Crippen LogP contribution >= 0.6 is 23.2 Å². The van der Waals surface area contributed by atoms with Gasteiger partial charge in [0.2, 0.25) is 5.91 Å². The first-order valence-corrected chi connectivity index (χ1v) is 12.1. The zero-order valence-electron chi connectivity index (χ0n) is 19.3. The molecule has 0 spiro atoms. The number of carbonyl (C=O) groups excluding carboxylic acids is 2. The molecule has 0 bridgehead atoms. The molecule has 10 heteroatoms. The number of likely N-dealkylation sites (tertiary alicyclic amines) is 1. The maximum absolute atomic E-state index is 13.4. The minimum Gasteiger partial charge on any atom is -0.495 e. The highest BCUT2D eigenvalue weighted by Crippen LogP contribution is 2.25. The number of rotatable bonds is 8. The van der Waals surface area contributed by atoms with E-state index >= 15 is 0 Å². The number of fused-ring (bicyclic) bond motifs is 1. The lowest BCUT2D eigenvalue weighted by atomic mass is 10.1. The van der Waals surface area contributed by atoms with Gasteiger partial charge in [-0.05, 0) is 55.7 Å². The van der Waals surface area contributed by atoms with Crippen molar-refractivity contribution in [1.29, 1.82) is 0 Å². The van der Waals surface area contributed by atoms with Crippen molar-refractivity contribution in [2.24, 2.45) is 0 Å². The summed E-state index contributed by atoms with van der Waals surface area (Å²) < 4.78 is 7.46. The van der Waals surface area contributed by atoms with Crippen molar-refractivity contribution in [3.05, 3.63) is 72.8 Å². The molecule has 2 aromatic carbocycles. The molecular formula is C25H25Cl2N3O5. The summed E-state index contributed by atoms with van der Waals surface area (Å²) in [5, 5.41) is 0.835. The standard InChI is InChI=1S/C25H25Cl2N3O5/c1-35-22-9-6-16(13-19(22)27)21(31)15-30-20-8-7-17(26)14-18(20)24(33)29(25(30)34)12-4-5-23(32)28-10-2-3-11-28/h6-9,13-14H,2-5,10-12,15H2,1H3. The highest BCUT2D eigenvalue weighted by atomic mass is 35.5. The molecule has 1 aromatic heterocycles. The van der Waals surface area contributed by atoms with E-state index in [0.717, 1.165) is 30.5 Å². The minimum atomic E-state index is -0.619. The fourth-order valence-electron chi connectivity index (χ4n) is 4.33. The van der Waals surface area contributed by atoms with E-state index in [1.54, 1.807) is 29.2 Å². The van der Waals surface area contributed by atoms with Crippen molar-refractivity contribution in [3.8, 4) is 5.75 Å². The van der Waals surface area contributed by atoms with E-state index in [4.69, 9.17) is 27.9 Å². The van der Waals surface area contributed by atoms with E-state index in [1.807, 2.05) is 0 Å². The third-order valence-corrected chi connectivity index (χ3v) is 6.72. The van der Waals surface area contributed by atoms with Gasteiger partial charge in [-0.25, -0.2) is 4.79 Å². The third-order valence-electron chi connectivity index (χ3n) is 6.19. The molecule has 0 radical (unpaired) electrons. The van der Waals surface area contributed by atoms with Crippen molar-refractivity contribution in [3.63, 3.8) is 0 Å². The predicted molar refractivity (Wildman–Crippen MR) is 135 cm³/mol. The number of ether oxygens (including phenoxy) is 1. The van der Waals surface area contributed by atoms with Gasteiger partial charge >= 0.3 is 5.69 Å². The van der Waals surface area contributed by atoms with Crippen LogP contribution in [0.4, 0.5) is 0 Å².